The number of rotatable bonds is 4. The molecule has 1 aromatic carbocycles. The van der Waals surface area contributed by atoms with E-state index in [0.717, 1.165) is 25.0 Å². The monoisotopic (exact) mass is 272 g/mol. The number of amides is 1. The molecule has 0 heterocycles. The van der Waals surface area contributed by atoms with Crippen molar-refractivity contribution in [3.8, 4) is 0 Å². The highest BCUT2D eigenvalue weighted by atomic mass is 32.2. The molecule has 0 saturated heterocycles. The Morgan fingerprint density at radius 3 is 2.61 bits per heavy atom. The van der Waals surface area contributed by atoms with Gasteiger partial charge in [-0.05, 0) is 37.0 Å². The summed E-state index contributed by atoms with van der Waals surface area (Å²) in [6.07, 6.45) is 2.51. The zero-order valence-electron chi connectivity index (χ0n) is 9.52. The van der Waals surface area contributed by atoms with E-state index < -0.39 is 20.7 Å². The van der Waals surface area contributed by atoms with E-state index in [-0.39, 0.29) is 11.6 Å². The molecule has 1 amide bonds. The molecule has 0 atom stereocenters. The van der Waals surface area contributed by atoms with Crippen LogP contribution in [0.3, 0.4) is 0 Å². The van der Waals surface area contributed by atoms with Crippen LogP contribution in [-0.2, 0) is 14.8 Å². The number of primary sulfonamides is 1. The van der Waals surface area contributed by atoms with Crippen LogP contribution in [0.5, 0.6) is 0 Å². The van der Waals surface area contributed by atoms with E-state index in [1.165, 1.54) is 6.07 Å². The second kappa shape index (κ2) is 4.66. The number of hydrogen-bond acceptors (Lipinski definition) is 3. The van der Waals surface area contributed by atoms with Crippen molar-refractivity contribution in [2.24, 2.45) is 11.1 Å². The summed E-state index contributed by atoms with van der Waals surface area (Å²) in [5.74, 6) is -0.736. The van der Waals surface area contributed by atoms with Crippen LogP contribution in [0.15, 0.2) is 23.1 Å². The summed E-state index contributed by atoms with van der Waals surface area (Å²) in [7, 11) is -4.08. The van der Waals surface area contributed by atoms with Crippen LogP contribution >= 0.6 is 0 Å². The third-order valence-corrected chi connectivity index (χ3v) is 3.64. The number of nitrogens with two attached hydrogens (primary N) is 1. The first kappa shape index (κ1) is 13.0. The Morgan fingerprint density at radius 2 is 2.11 bits per heavy atom. The zero-order valence-corrected chi connectivity index (χ0v) is 10.3. The first-order valence-corrected chi connectivity index (χ1v) is 7.03. The lowest BCUT2D eigenvalue weighted by atomic mass is 10.2. The summed E-state index contributed by atoms with van der Waals surface area (Å²) in [6.45, 7) is 0. The number of nitrogens with one attached hydrogen (secondary N) is 1. The maximum Gasteiger partial charge on any atom is 0.240 e. The number of carbonyl (C=O) groups is 1. The highest BCUT2D eigenvalue weighted by Gasteiger charge is 2.24. The van der Waals surface area contributed by atoms with Gasteiger partial charge in [0.25, 0.3) is 0 Å². The van der Waals surface area contributed by atoms with Gasteiger partial charge in [0.15, 0.2) is 0 Å². The maximum absolute atomic E-state index is 13.5. The minimum absolute atomic E-state index is 0.194. The smallest absolute Gasteiger partial charge is 0.240 e. The van der Waals surface area contributed by atoms with E-state index in [0.29, 0.717) is 12.3 Å². The average Bonchev–Trinajstić information content (AvgIpc) is 2.99. The second-order valence-corrected chi connectivity index (χ2v) is 5.92. The van der Waals surface area contributed by atoms with E-state index in [9.17, 15) is 17.6 Å². The molecule has 18 heavy (non-hydrogen) atoms. The average molecular weight is 272 g/mol. The fraction of sp³-hybridized carbons (Fsp3) is 0.364. The number of carbonyl (C=O) groups excluding carboxylic acids is 1. The summed E-state index contributed by atoms with van der Waals surface area (Å²) in [6, 6.07) is 3.30. The Bertz CT molecular complexity index is 582. The number of halogens is 1. The van der Waals surface area contributed by atoms with Gasteiger partial charge in [-0.25, -0.2) is 17.9 Å². The standard InChI is InChI=1S/C11H13FN2O3S/c12-9-6-8(3-4-10(9)18(13,16)17)14-11(15)5-7-1-2-7/h3-4,6-7H,1-2,5H2,(H,14,15)(H2,13,16,17). The van der Waals surface area contributed by atoms with E-state index >= 15 is 0 Å². The Hall–Kier alpha value is -1.47. The molecular formula is C11H13FN2O3S. The third kappa shape index (κ3) is 3.27. The van der Waals surface area contributed by atoms with Crippen molar-refractivity contribution in [2.45, 2.75) is 24.2 Å². The first-order chi connectivity index (χ1) is 8.36. The summed E-state index contributed by atoms with van der Waals surface area (Å²) < 4.78 is 35.4. The van der Waals surface area contributed by atoms with E-state index in [4.69, 9.17) is 5.14 Å². The molecule has 0 unspecified atom stereocenters. The summed E-state index contributed by atoms with van der Waals surface area (Å²) in [4.78, 5) is 10.9. The van der Waals surface area contributed by atoms with Gasteiger partial charge in [0, 0.05) is 12.1 Å². The molecule has 0 bridgehead atoms. The molecule has 1 aromatic rings. The normalized spacial score (nSPS) is 15.4. The SMILES string of the molecule is NS(=O)(=O)c1ccc(NC(=O)CC2CC2)cc1F. The van der Waals surface area contributed by atoms with Crippen molar-refractivity contribution >= 4 is 21.6 Å². The lowest BCUT2D eigenvalue weighted by Crippen LogP contribution is -2.15. The minimum Gasteiger partial charge on any atom is -0.326 e. The van der Waals surface area contributed by atoms with Crippen LogP contribution in [-0.4, -0.2) is 14.3 Å². The van der Waals surface area contributed by atoms with Gasteiger partial charge in [0.1, 0.15) is 10.7 Å². The quantitative estimate of drug-likeness (QED) is 0.863. The molecule has 0 aromatic heterocycles. The van der Waals surface area contributed by atoms with E-state index in [1.54, 1.807) is 0 Å². The van der Waals surface area contributed by atoms with Gasteiger partial charge in [-0.15, -0.1) is 0 Å². The molecule has 5 nitrogen and oxygen atoms in total. The number of sulfonamides is 1. The van der Waals surface area contributed by atoms with Crippen LogP contribution < -0.4 is 10.5 Å². The molecule has 1 saturated carbocycles. The van der Waals surface area contributed by atoms with Gasteiger partial charge in [0.2, 0.25) is 15.9 Å². The summed E-state index contributed by atoms with van der Waals surface area (Å²) in [5, 5.41) is 7.35. The molecule has 1 aliphatic rings. The molecule has 0 spiro atoms. The third-order valence-electron chi connectivity index (χ3n) is 2.69. The van der Waals surface area contributed by atoms with Gasteiger partial charge in [0.05, 0.1) is 0 Å². The largest absolute Gasteiger partial charge is 0.326 e. The Balaban J connectivity index is 2.10. The fourth-order valence-corrected chi connectivity index (χ4v) is 2.19. The molecule has 0 radical (unpaired) electrons. The predicted molar refractivity (Wildman–Crippen MR) is 63.7 cm³/mol. The van der Waals surface area contributed by atoms with Crippen molar-refractivity contribution < 1.29 is 17.6 Å². The van der Waals surface area contributed by atoms with Crippen LogP contribution in [0.2, 0.25) is 0 Å². The van der Waals surface area contributed by atoms with Crippen molar-refractivity contribution in [2.75, 3.05) is 5.32 Å². The fourth-order valence-electron chi connectivity index (χ4n) is 1.61. The van der Waals surface area contributed by atoms with Gasteiger partial charge < -0.3 is 5.32 Å². The number of anilines is 1. The molecule has 2 rings (SSSR count). The van der Waals surface area contributed by atoms with Crippen LogP contribution in [0.25, 0.3) is 0 Å². The summed E-state index contributed by atoms with van der Waals surface area (Å²) >= 11 is 0. The Morgan fingerprint density at radius 1 is 1.44 bits per heavy atom. The van der Waals surface area contributed by atoms with Crippen molar-refractivity contribution in [1.82, 2.24) is 0 Å². The highest BCUT2D eigenvalue weighted by Crippen LogP contribution is 2.32. The Labute approximate surface area is 104 Å². The van der Waals surface area contributed by atoms with Gasteiger partial charge >= 0.3 is 0 Å². The van der Waals surface area contributed by atoms with Crippen LogP contribution in [0.4, 0.5) is 10.1 Å². The highest BCUT2D eigenvalue weighted by molar-refractivity contribution is 7.89. The van der Waals surface area contributed by atoms with E-state index in [1.807, 2.05) is 0 Å². The molecular weight excluding hydrogens is 259 g/mol. The van der Waals surface area contributed by atoms with E-state index in [2.05, 4.69) is 5.32 Å². The van der Waals surface area contributed by atoms with Crippen molar-refractivity contribution in [3.05, 3.63) is 24.0 Å². The molecule has 7 heteroatoms. The van der Waals surface area contributed by atoms with Gasteiger partial charge in [-0.3, -0.25) is 4.79 Å². The van der Waals surface area contributed by atoms with Gasteiger partial charge in [-0.2, -0.15) is 0 Å². The predicted octanol–water partition coefficient (Wildman–Crippen LogP) is 1.21. The first-order valence-electron chi connectivity index (χ1n) is 5.48. The van der Waals surface area contributed by atoms with Crippen LogP contribution in [0, 0.1) is 11.7 Å². The molecule has 1 aliphatic carbocycles. The summed E-state index contributed by atoms with van der Waals surface area (Å²) in [5.41, 5.74) is 0.227. The number of hydrogen-bond donors (Lipinski definition) is 2. The van der Waals surface area contributed by atoms with Crippen LogP contribution in [0.1, 0.15) is 19.3 Å². The topological polar surface area (TPSA) is 89.3 Å². The second-order valence-electron chi connectivity index (χ2n) is 4.39. The molecule has 3 N–H and O–H groups in total. The maximum atomic E-state index is 13.5. The lowest BCUT2D eigenvalue weighted by Gasteiger charge is -2.06. The van der Waals surface area contributed by atoms with Crippen molar-refractivity contribution in [3.63, 3.8) is 0 Å². The van der Waals surface area contributed by atoms with Gasteiger partial charge in [-0.1, -0.05) is 0 Å². The molecule has 98 valence electrons. The number of benzene rings is 1. The minimum atomic E-state index is -4.08. The van der Waals surface area contributed by atoms with Crippen molar-refractivity contribution in [1.29, 1.82) is 0 Å². The molecule has 0 aliphatic heterocycles. The molecule has 1 fully saturated rings. The lowest BCUT2D eigenvalue weighted by molar-refractivity contribution is -0.116. The zero-order chi connectivity index (χ0) is 13.3. The Kier molecular flexibility index (Phi) is 3.36.